The molecule has 0 saturated heterocycles. The molecule has 3 aromatic carbocycles. The summed E-state index contributed by atoms with van der Waals surface area (Å²) in [7, 11) is 0.240. The Hall–Kier alpha value is -2.25. The maximum Gasteiger partial charge on any atom is 0.00818 e. The Kier molecular flexibility index (Phi) is 3.13. The molecule has 21 heavy (non-hydrogen) atoms. The molecule has 99 valence electrons. The van der Waals surface area contributed by atoms with Gasteiger partial charge in [0, 0.05) is 9.13 Å². The van der Waals surface area contributed by atoms with Gasteiger partial charge in [0.05, 0.1) is 0 Å². The highest BCUT2D eigenvalue weighted by molar-refractivity contribution is 6.26. The molecule has 4 rings (SSSR count). The minimum atomic E-state index is 0.240. The number of rotatable bonds is 2. The first-order valence-corrected chi connectivity index (χ1v) is 8.68. The van der Waals surface area contributed by atoms with Crippen LogP contribution in [-0.4, -0.2) is 9.13 Å². The van der Waals surface area contributed by atoms with Crippen LogP contribution in [0.2, 0.25) is 0 Å². The molecule has 1 heteroatoms. The summed E-state index contributed by atoms with van der Waals surface area (Å²) in [5, 5.41) is 1.32. The van der Waals surface area contributed by atoms with Gasteiger partial charge in [-0.05, 0) is 44.4 Å². The van der Waals surface area contributed by atoms with Crippen LogP contribution in [0.4, 0.5) is 0 Å². The van der Waals surface area contributed by atoms with E-state index in [4.69, 9.17) is 0 Å². The van der Waals surface area contributed by atoms with Gasteiger partial charge in [-0.25, -0.2) is 0 Å². The third kappa shape index (κ3) is 2.30. The van der Waals surface area contributed by atoms with E-state index in [0.717, 1.165) is 6.04 Å². The molecule has 1 aliphatic rings. The van der Waals surface area contributed by atoms with Gasteiger partial charge < -0.3 is 0 Å². The summed E-state index contributed by atoms with van der Waals surface area (Å²) >= 11 is 0. The number of fused-ring (bicyclic) bond motifs is 3. The van der Waals surface area contributed by atoms with Crippen molar-refractivity contribution in [2.45, 2.75) is 6.04 Å². The molecular formula is C20H15Si. The maximum atomic E-state index is 3.60. The van der Waals surface area contributed by atoms with Crippen LogP contribution in [0, 0.1) is 4.81 Å². The van der Waals surface area contributed by atoms with Crippen molar-refractivity contribution >= 4 is 15.2 Å². The van der Waals surface area contributed by atoms with Gasteiger partial charge in [-0.15, -0.1) is 0 Å². The van der Waals surface area contributed by atoms with E-state index in [1.807, 2.05) is 0 Å². The maximum absolute atomic E-state index is 3.60. The van der Waals surface area contributed by atoms with Crippen LogP contribution >= 0.6 is 0 Å². The Morgan fingerprint density at radius 1 is 0.714 bits per heavy atom. The lowest BCUT2D eigenvalue weighted by molar-refractivity contribution is 1.39. The van der Waals surface area contributed by atoms with Crippen molar-refractivity contribution in [2.24, 2.45) is 0 Å². The molecule has 0 N–H and O–H groups in total. The van der Waals surface area contributed by atoms with Crippen LogP contribution in [0.15, 0.2) is 72.8 Å². The molecule has 0 saturated carbocycles. The Balaban J connectivity index is 1.82. The lowest BCUT2D eigenvalue weighted by atomic mass is 10.1. The van der Waals surface area contributed by atoms with Crippen molar-refractivity contribution in [3.05, 3.63) is 94.0 Å². The predicted molar refractivity (Wildman–Crippen MR) is 90.1 cm³/mol. The smallest absolute Gasteiger partial charge is 0.00818 e. The molecule has 0 nitrogen and oxygen atoms in total. The summed E-state index contributed by atoms with van der Waals surface area (Å²) in [4.78, 5) is 1.48. The van der Waals surface area contributed by atoms with E-state index in [2.05, 4.69) is 78.9 Å². The first-order valence-electron chi connectivity index (χ1n) is 7.28. The highest BCUT2D eigenvalue weighted by atomic mass is 28.2. The van der Waals surface area contributed by atoms with Crippen molar-refractivity contribution in [2.75, 3.05) is 0 Å². The molecule has 3 aromatic rings. The molecule has 0 atom stereocenters. The normalized spacial score (nSPS) is 12.7. The topological polar surface area (TPSA) is 0 Å². The summed E-state index contributed by atoms with van der Waals surface area (Å²) in [6, 6.07) is 27.2. The Morgan fingerprint density at radius 3 is 2.38 bits per heavy atom. The van der Waals surface area contributed by atoms with E-state index >= 15 is 0 Å². The monoisotopic (exact) mass is 283 g/mol. The highest BCUT2D eigenvalue weighted by Gasteiger charge is 2.11. The lowest BCUT2D eigenvalue weighted by Gasteiger charge is -2.00. The minimum Gasteiger partial charge on any atom is -0.0622 e. The fourth-order valence-corrected chi connectivity index (χ4v) is 4.31. The predicted octanol–water partition coefficient (Wildman–Crippen LogP) is 3.26. The second-order valence-corrected chi connectivity index (χ2v) is 6.77. The van der Waals surface area contributed by atoms with Gasteiger partial charge in [0.25, 0.3) is 0 Å². The number of benzene rings is 3. The van der Waals surface area contributed by atoms with Crippen LogP contribution in [0.5, 0.6) is 0 Å². The van der Waals surface area contributed by atoms with E-state index in [1.54, 1.807) is 0 Å². The zero-order valence-electron chi connectivity index (χ0n) is 11.7. The first-order chi connectivity index (χ1) is 10.4. The minimum absolute atomic E-state index is 0.240. The molecular weight excluding hydrogens is 268 g/mol. The summed E-state index contributed by atoms with van der Waals surface area (Å²) in [5.74, 6) is 0. The van der Waals surface area contributed by atoms with Gasteiger partial charge >= 0.3 is 0 Å². The number of hydrogen-bond donors (Lipinski definition) is 0. The largest absolute Gasteiger partial charge is 0.0622 e. The van der Waals surface area contributed by atoms with Gasteiger partial charge in [-0.2, -0.15) is 0 Å². The van der Waals surface area contributed by atoms with Gasteiger partial charge in [-0.3, -0.25) is 0 Å². The fraction of sp³-hybridized carbons (Fsp3) is 0.0500. The van der Waals surface area contributed by atoms with Crippen molar-refractivity contribution in [1.29, 1.82) is 0 Å². The first kappa shape index (κ1) is 12.5. The average molecular weight is 283 g/mol. The SMILES string of the molecule is [C]1=c2c(cccc2=[SiH]Cc2ccccc2)-c2ccccc21. The second-order valence-electron chi connectivity index (χ2n) is 5.33. The molecule has 1 radical (unpaired) electrons. The fourth-order valence-electron chi connectivity index (χ4n) is 2.91. The van der Waals surface area contributed by atoms with Crippen molar-refractivity contribution in [3.63, 3.8) is 0 Å². The molecule has 0 fully saturated rings. The van der Waals surface area contributed by atoms with E-state index in [0.29, 0.717) is 0 Å². The van der Waals surface area contributed by atoms with E-state index < -0.39 is 0 Å². The summed E-state index contributed by atoms with van der Waals surface area (Å²) < 4.78 is 0. The molecule has 0 bridgehead atoms. The van der Waals surface area contributed by atoms with E-state index in [9.17, 15) is 0 Å². The van der Waals surface area contributed by atoms with Gasteiger partial charge in [0.1, 0.15) is 0 Å². The van der Waals surface area contributed by atoms with E-state index in [-0.39, 0.29) is 9.13 Å². The van der Waals surface area contributed by atoms with Crippen LogP contribution in [0.3, 0.4) is 0 Å². The Bertz CT molecular complexity index is 908. The zero-order chi connectivity index (χ0) is 14.1. The van der Waals surface area contributed by atoms with Gasteiger partial charge in [0.15, 0.2) is 0 Å². The molecule has 0 amide bonds. The summed E-state index contributed by atoms with van der Waals surface area (Å²) in [6.45, 7) is 0. The highest BCUT2D eigenvalue weighted by Crippen LogP contribution is 2.25. The second kappa shape index (κ2) is 5.26. The quantitative estimate of drug-likeness (QED) is 0.495. The van der Waals surface area contributed by atoms with E-state index in [1.165, 1.54) is 32.3 Å². The zero-order valence-corrected chi connectivity index (χ0v) is 12.9. The van der Waals surface area contributed by atoms with Crippen molar-refractivity contribution in [3.8, 4) is 11.1 Å². The third-order valence-corrected chi connectivity index (χ3v) is 5.57. The van der Waals surface area contributed by atoms with Crippen LogP contribution in [0.1, 0.15) is 11.1 Å². The Morgan fingerprint density at radius 2 is 1.48 bits per heavy atom. The summed E-state index contributed by atoms with van der Waals surface area (Å²) in [5.41, 5.74) is 5.34. The van der Waals surface area contributed by atoms with Crippen LogP contribution in [0.25, 0.3) is 17.2 Å². The summed E-state index contributed by atoms with van der Waals surface area (Å²) in [6.07, 6.45) is 3.60. The van der Waals surface area contributed by atoms with Crippen molar-refractivity contribution in [1.82, 2.24) is 0 Å². The third-order valence-electron chi connectivity index (χ3n) is 3.97. The van der Waals surface area contributed by atoms with Gasteiger partial charge in [0.2, 0.25) is 0 Å². The Labute approximate surface area is 126 Å². The standard InChI is InChI=1S/C20H15Si/c1-2-7-15(8-3-1)14-21-20-12-6-11-18-17-10-5-4-9-16(17)13-19(18)20/h1-12,21H,14H2. The molecule has 0 unspecified atom stereocenters. The van der Waals surface area contributed by atoms with Gasteiger partial charge in [-0.1, -0.05) is 72.8 Å². The molecule has 0 aromatic heterocycles. The lowest BCUT2D eigenvalue weighted by Crippen LogP contribution is -2.06. The average Bonchev–Trinajstić information content (AvgIpc) is 2.93. The molecule has 0 aliphatic heterocycles. The van der Waals surface area contributed by atoms with Crippen molar-refractivity contribution < 1.29 is 0 Å². The number of hydrogen-bond acceptors (Lipinski definition) is 0. The van der Waals surface area contributed by atoms with Crippen LogP contribution in [-0.2, 0) is 6.04 Å². The molecule has 1 aliphatic carbocycles. The molecule has 0 spiro atoms. The van der Waals surface area contributed by atoms with Crippen LogP contribution < -0.4 is 5.22 Å². The molecule has 0 heterocycles.